The summed E-state index contributed by atoms with van der Waals surface area (Å²) in [5.41, 5.74) is 7.69. The Bertz CT molecular complexity index is 829. The second kappa shape index (κ2) is 8.44. The molecule has 2 atom stereocenters. The highest BCUT2D eigenvalue weighted by Gasteiger charge is 2.37. The molecule has 1 fully saturated rings. The van der Waals surface area contributed by atoms with Crippen LogP contribution in [0.25, 0.3) is 0 Å². The summed E-state index contributed by atoms with van der Waals surface area (Å²) in [6.07, 6.45) is 3.75. The van der Waals surface area contributed by atoms with Gasteiger partial charge in [-0.15, -0.1) is 0 Å². The predicted octanol–water partition coefficient (Wildman–Crippen LogP) is 3.79. The average molecular weight is 381 g/mol. The van der Waals surface area contributed by atoms with Crippen molar-refractivity contribution in [1.82, 2.24) is 0 Å². The van der Waals surface area contributed by atoms with Crippen molar-refractivity contribution in [2.24, 2.45) is 11.7 Å². The lowest BCUT2D eigenvalue weighted by Gasteiger charge is -2.37. The Morgan fingerprint density at radius 1 is 1.00 bits per heavy atom. The summed E-state index contributed by atoms with van der Waals surface area (Å²) in [5, 5.41) is 5.77. The zero-order chi connectivity index (χ0) is 20.1. The van der Waals surface area contributed by atoms with Gasteiger partial charge >= 0.3 is 0 Å². The molecule has 28 heavy (non-hydrogen) atoms. The minimum absolute atomic E-state index is 0.0554. The summed E-state index contributed by atoms with van der Waals surface area (Å²) >= 11 is 0. The number of benzene rings is 2. The zero-order valence-corrected chi connectivity index (χ0v) is 16.3. The van der Waals surface area contributed by atoms with Gasteiger partial charge in [0.15, 0.2) is 0 Å². The minimum atomic E-state index is -0.472. The molecule has 1 aliphatic carbocycles. The Morgan fingerprint density at radius 3 is 2.21 bits per heavy atom. The smallest absolute Gasteiger partial charge is 0.255 e. The van der Waals surface area contributed by atoms with Crippen molar-refractivity contribution in [3.8, 4) is 5.75 Å². The van der Waals surface area contributed by atoms with E-state index in [1.165, 1.54) is 0 Å². The van der Waals surface area contributed by atoms with E-state index in [4.69, 9.17) is 10.5 Å². The van der Waals surface area contributed by atoms with Crippen LogP contribution in [-0.4, -0.2) is 24.5 Å². The molecular weight excluding hydrogens is 354 g/mol. The first-order valence-corrected chi connectivity index (χ1v) is 9.54. The fourth-order valence-electron chi connectivity index (χ4n) is 3.60. The highest BCUT2D eigenvalue weighted by molar-refractivity contribution is 6.04. The summed E-state index contributed by atoms with van der Waals surface area (Å²) in [4.78, 5) is 25.0. The highest BCUT2D eigenvalue weighted by atomic mass is 16.5. The summed E-state index contributed by atoms with van der Waals surface area (Å²) in [7, 11) is 1.59. The highest BCUT2D eigenvalue weighted by Crippen LogP contribution is 2.32. The molecule has 0 saturated heterocycles. The van der Waals surface area contributed by atoms with Crippen molar-refractivity contribution in [2.75, 3.05) is 17.7 Å². The van der Waals surface area contributed by atoms with E-state index in [2.05, 4.69) is 10.6 Å². The quantitative estimate of drug-likeness (QED) is 0.734. The van der Waals surface area contributed by atoms with E-state index >= 15 is 0 Å². The van der Waals surface area contributed by atoms with Gasteiger partial charge in [0.05, 0.1) is 13.0 Å². The number of nitrogens with two attached hydrogens (primary N) is 1. The average Bonchev–Trinajstić information content (AvgIpc) is 2.68. The lowest BCUT2D eigenvalue weighted by molar-refractivity contribution is -0.122. The molecule has 6 heteroatoms. The lowest BCUT2D eigenvalue weighted by atomic mass is 9.74. The van der Waals surface area contributed by atoms with Crippen LogP contribution in [0.2, 0.25) is 0 Å². The molecule has 6 nitrogen and oxygen atoms in total. The fourth-order valence-corrected chi connectivity index (χ4v) is 3.60. The van der Waals surface area contributed by atoms with Gasteiger partial charge in [0.2, 0.25) is 5.91 Å². The molecule has 1 saturated carbocycles. The topological polar surface area (TPSA) is 93.5 Å². The number of hydrogen-bond acceptors (Lipinski definition) is 4. The molecule has 0 spiro atoms. The van der Waals surface area contributed by atoms with Gasteiger partial charge in [-0.1, -0.05) is 12.8 Å². The summed E-state index contributed by atoms with van der Waals surface area (Å²) in [6, 6.07) is 14.0. The van der Waals surface area contributed by atoms with Crippen molar-refractivity contribution in [3.63, 3.8) is 0 Å². The van der Waals surface area contributed by atoms with Gasteiger partial charge in [-0.05, 0) is 68.3 Å². The van der Waals surface area contributed by atoms with Crippen molar-refractivity contribution in [2.45, 2.75) is 38.1 Å². The van der Waals surface area contributed by atoms with Crippen LogP contribution in [0, 0.1) is 5.92 Å². The van der Waals surface area contributed by atoms with E-state index in [-0.39, 0.29) is 17.7 Å². The van der Waals surface area contributed by atoms with Gasteiger partial charge in [-0.25, -0.2) is 0 Å². The Labute approximate surface area is 165 Å². The monoisotopic (exact) mass is 381 g/mol. The maximum Gasteiger partial charge on any atom is 0.255 e. The molecule has 0 heterocycles. The fraction of sp³-hybridized carbons (Fsp3) is 0.364. The normalized spacial score (nSPS) is 21.6. The van der Waals surface area contributed by atoms with Gasteiger partial charge in [-0.3, -0.25) is 9.59 Å². The number of carbonyl (C=O) groups excluding carboxylic acids is 2. The van der Waals surface area contributed by atoms with Crippen LogP contribution in [0.4, 0.5) is 11.4 Å². The van der Waals surface area contributed by atoms with Crippen LogP contribution >= 0.6 is 0 Å². The minimum Gasteiger partial charge on any atom is -0.497 e. The predicted molar refractivity (Wildman–Crippen MR) is 111 cm³/mol. The Kier molecular flexibility index (Phi) is 5.99. The Morgan fingerprint density at radius 2 is 1.61 bits per heavy atom. The SMILES string of the molecule is COc1ccc(NC(=O)c2ccc(NC(=O)C3CCCCC3(C)N)cc2)cc1. The molecule has 3 rings (SSSR count). The molecule has 0 bridgehead atoms. The number of hydrogen-bond donors (Lipinski definition) is 3. The van der Waals surface area contributed by atoms with Crippen LogP contribution in [0.1, 0.15) is 43.0 Å². The van der Waals surface area contributed by atoms with E-state index in [1.54, 1.807) is 55.6 Å². The number of nitrogens with one attached hydrogen (secondary N) is 2. The molecule has 1 aliphatic rings. The van der Waals surface area contributed by atoms with Gasteiger partial charge in [0.1, 0.15) is 5.75 Å². The van der Waals surface area contributed by atoms with Gasteiger partial charge < -0.3 is 21.1 Å². The molecule has 2 unspecified atom stereocenters. The first-order chi connectivity index (χ1) is 13.4. The van der Waals surface area contributed by atoms with Crippen LogP contribution in [0.3, 0.4) is 0 Å². The van der Waals surface area contributed by atoms with E-state index < -0.39 is 5.54 Å². The molecule has 148 valence electrons. The third kappa shape index (κ3) is 4.70. The maximum absolute atomic E-state index is 12.6. The van der Waals surface area contributed by atoms with Crippen molar-refractivity contribution in [1.29, 1.82) is 0 Å². The largest absolute Gasteiger partial charge is 0.497 e. The number of anilines is 2. The van der Waals surface area contributed by atoms with E-state index in [9.17, 15) is 9.59 Å². The Hall–Kier alpha value is -2.86. The van der Waals surface area contributed by atoms with Crippen LogP contribution in [0.15, 0.2) is 48.5 Å². The van der Waals surface area contributed by atoms with Crippen LogP contribution < -0.4 is 21.1 Å². The molecule has 0 aliphatic heterocycles. The number of rotatable bonds is 5. The van der Waals surface area contributed by atoms with Crippen molar-refractivity contribution in [3.05, 3.63) is 54.1 Å². The molecule has 2 amide bonds. The van der Waals surface area contributed by atoms with Crippen LogP contribution in [0.5, 0.6) is 5.75 Å². The summed E-state index contributed by atoms with van der Waals surface area (Å²) in [6.45, 7) is 1.95. The molecule has 2 aromatic rings. The molecule has 0 aromatic heterocycles. The number of methoxy groups -OCH3 is 1. The third-order valence-electron chi connectivity index (χ3n) is 5.33. The number of carbonyl (C=O) groups is 2. The van der Waals surface area contributed by atoms with Crippen molar-refractivity contribution < 1.29 is 14.3 Å². The van der Waals surface area contributed by atoms with Gasteiger partial charge in [0.25, 0.3) is 5.91 Å². The summed E-state index contributed by atoms with van der Waals surface area (Å²) in [5.74, 6) is 0.258. The Balaban J connectivity index is 1.60. The van der Waals surface area contributed by atoms with E-state index in [1.807, 2.05) is 6.92 Å². The molecule has 4 N–H and O–H groups in total. The second-order valence-corrected chi connectivity index (χ2v) is 7.55. The third-order valence-corrected chi connectivity index (χ3v) is 5.33. The first-order valence-electron chi connectivity index (χ1n) is 9.54. The molecule has 2 aromatic carbocycles. The number of amides is 2. The molecular formula is C22H27N3O3. The van der Waals surface area contributed by atoms with Crippen LogP contribution in [-0.2, 0) is 4.79 Å². The lowest BCUT2D eigenvalue weighted by Crippen LogP contribution is -2.51. The number of ether oxygens (including phenoxy) is 1. The zero-order valence-electron chi connectivity index (χ0n) is 16.3. The second-order valence-electron chi connectivity index (χ2n) is 7.55. The maximum atomic E-state index is 12.6. The summed E-state index contributed by atoms with van der Waals surface area (Å²) < 4.78 is 5.11. The first kappa shape index (κ1) is 19.9. The van der Waals surface area contributed by atoms with E-state index in [0.29, 0.717) is 16.9 Å². The molecule has 0 radical (unpaired) electrons. The van der Waals surface area contributed by atoms with Gasteiger partial charge in [-0.2, -0.15) is 0 Å². The van der Waals surface area contributed by atoms with E-state index in [0.717, 1.165) is 31.4 Å². The van der Waals surface area contributed by atoms with Crippen molar-refractivity contribution >= 4 is 23.2 Å². The van der Waals surface area contributed by atoms with Gasteiger partial charge in [0, 0.05) is 22.5 Å². The standard InChI is InChI=1S/C22H27N3O3/c1-22(23)14-4-3-5-19(22)21(27)25-16-8-6-15(7-9-16)20(26)24-17-10-12-18(28-2)13-11-17/h6-13,19H,3-5,14,23H2,1-2H3,(H,24,26)(H,25,27).